The molecule has 1 aliphatic heterocycles. The van der Waals surface area contributed by atoms with E-state index in [1.807, 2.05) is 24.3 Å². The topological polar surface area (TPSA) is 64.3 Å². The minimum absolute atomic E-state index is 0. The summed E-state index contributed by atoms with van der Waals surface area (Å²) in [6.07, 6.45) is 1.06. The zero-order valence-corrected chi connectivity index (χ0v) is 14.9. The van der Waals surface area contributed by atoms with Gasteiger partial charge in [-0.05, 0) is 53.4 Å². The van der Waals surface area contributed by atoms with Crippen LogP contribution in [0.1, 0.15) is 15.7 Å². The highest BCUT2D eigenvalue weighted by Crippen LogP contribution is 2.39. The molecule has 0 fully saturated rings. The molecule has 7 heteroatoms. The molecule has 1 atom stereocenters. The van der Waals surface area contributed by atoms with Crippen molar-refractivity contribution in [2.45, 2.75) is 11.7 Å². The number of carbonyl (C=O) groups excluding carboxylic acids is 1. The molecular weight excluding hydrogens is 352 g/mol. The van der Waals surface area contributed by atoms with E-state index >= 15 is 0 Å². The average molecular weight is 371 g/mol. The third-order valence-electron chi connectivity index (χ3n) is 3.42. The fraction of sp³-hybridized carbons (Fsp3) is 0.312. The highest BCUT2D eigenvalue weighted by molar-refractivity contribution is 8.00. The number of ether oxygens (including phenoxy) is 1. The SMILES string of the molecule is Cl.NCCOc1ccc(NC(=O)C2SCCc3sccc32)cc1. The molecule has 0 spiro atoms. The fourth-order valence-electron chi connectivity index (χ4n) is 2.38. The van der Waals surface area contributed by atoms with Gasteiger partial charge in [0.25, 0.3) is 0 Å². The smallest absolute Gasteiger partial charge is 0.242 e. The molecule has 1 amide bonds. The van der Waals surface area contributed by atoms with Crippen molar-refractivity contribution in [1.82, 2.24) is 0 Å². The molecule has 4 nitrogen and oxygen atoms in total. The third-order valence-corrected chi connectivity index (χ3v) is 5.66. The van der Waals surface area contributed by atoms with E-state index in [2.05, 4.69) is 16.8 Å². The van der Waals surface area contributed by atoms with Crippen molar-refractivity contribution >= 4 is 47.1 Å². The first kappa shape index (κ1) is 18.1. The van der Waals surface area contributed by atoms with Gasteiger partial charge in [0.05, 0.1) is 0 Å². The first-order valence-corrected chi connectivity index (χ1v) is 9.12. The Bertz CT molecular complexity index is 646. The van der Waals surface area contributed by atoms with Gasteiger partial charge in [-0.2, -0.15) is 0 Å². The Morgan fingerprint density at radius 1 is 1.30 bits per heavy atom. The van der Waals surface area contributed by atoms with Crippen molar-refractivity contribution < 1.29 is 9.53 Å². The van der Waals surface area contributed by atoms with E-state index in [1.165, 1.54) is 10.4 Å². The number of hydrogen-bond donors (Lipinski definition) is 2. The minimum Gasteiger partial charge on any atom is -0.492 e. The summed E-state index contributed by atoms with van der Waals surface area (Å²) in [6.45, 7) is 0.978. The maximum absolute atomic E-state index is 12.5. The zero-order chi connectivity index (χ0) is 15.4. The molecule has 0 saturated carbocycles. The Hall–Kier alpha value is -1.21. The normalized spacial score (nSPS) is 16.1. The minimum atomic E-state index is -0.108. The van der Waals surface area contributed by atoms with Crippen LogP contribution >= 0.6 is 35.5 Å². The van der Waals surface area contributed by atoms with Crippen molar-refractivity contribution in [3.8, 4) is 5.75 Å². The second-order valence-corrected chi connectivity index (χ2v) is 7.16. The van der Waals surface area contributed by atoms with Crippen LogP contribution in [0.4, 0.5) is 5.69 Å². The van der Waals surface area contributed by atoms with E-state index in [9.17, 15) is 4.79 Å². The summed E-state index contributed by atoms with van der Waals surface area (Å²) >= 11 is 3.45. The van der Waals surface area contributed by atoms with E-state index in [4.69, 9.17) is 10.5 Å². The number of thiophene rings is 1. The molecule has 1 unspecified atom stereocenters. The molecule has 0 saturated heterocycles. The number of thioether (sulfide) groups is 1. The lowest BCUT2D eigenvalue weighted by Crippen LogP contribution is -2.22. The number of rotatable bonds is 5. The number of halogens is 1. The number of nitrogens with one attached hydrogen (secondary N) is 1. The lowest BCUT2D eigenvalue weighted by atomic mass is 10.1. The first-order chi connectivity index (χ1) is 10.8. The summed E-state index contributed by atoms with van der Waals surface area (Å²) < 4.78 is 5.43. The molecule has 2 aromatic rings. The summed E-state index contributed by atoms with van der Waals surface area (Å²) in [5.41, 5.74) is 7.35. The van der Waals surface area contributed by atoms with Gasteiger partial charge in [0.2, 0.25) is 5.91 Å². The molecule has 0 bridgehead atoms. The number of benzene rings is 1. The number of anilines is 1. The van der Waals surface area contributed by atoms with E-state index in [0.717, 1.165) is 23.6 Å². The molecule has 124 valence electrons. The van der Waals surface area contributed by atoms with Crippen LogP contribution in [0.15, 0.2) is 35.7 Å². The van der Waals surface area contributed by atoms with Gasteiger partial charge in [-0.3, -0.25) is 4.79 Å². The molecule has 23 heavy (non-hydrogen) atoms. The van der Waals surface area contributed by atoms with Crippen molar-refractivity contribution in [1.29, 1.82) is 0 Å². The fourth-order valence-corrected chi connectivity index (χ4v) is 4.68. The van der Waals surface area contributed by atoms with E-state index in [-0.39, 0.29) is 23.6 Å². The molecule has 2 heterocycles. The summed E-state index contributed by atoms with van der Waals surface area (Å²) in [4.78, 5) is 13.8. The van der Waals surface area contributed by atoms with Crippen LogP contribution in [0, 0.1) is 0 Å². The maximum atomic E-state index is 12.5. The monoisotopic (exact) mass is 370 g/mol. The van der Waals surface area contributed by atoms with Gasteiger partial charge in [-0.15, -0.1) is 35.5 Å². The van der Waals surface area contributed by atoms with Crippen LogP contribution in [0.25, 0.3) is 0 Å². The molecular formula is C16H19ClN2O2S2. The van der Waals surface area contributed by atoms with Crippen molar-refractivity contribution in [3.05, 3.63) is 46.2 Å². The van der Waals surface area contributed by atoms with Crippen LogP contribution in [0.2, 0.25) is 0 Å². The number of nitrogens with two attached hydrogens (primary N) is 1. The largest absolute Gasteiger partial charge is 0.492 e. The van der Waals surface area contributed by atoms with Gasteiger partial charge in [0.15, 0.2) is 0 Å². The Morgan fingerprint density at radius 2 is 2.09 bits per heavy atom. The summed E-state index contributed by atoms with van der Waals surface area (Å²) in [6, 6.07) is 9.46. The highest BCUT2D eigenvalue weighted by Gasteiger charge is 2.27. The lowest BCUT2D eigenvalue weighted by molar-refractivity contribution is -0.115. The number of amides is 1. The van der Waals surface area contributed by atoms with Gasteiger partial charge in [-0.1, -0.05) is 0 Å². The van der Waals surface area contributed by atoms with Crippen molar-refractivity contribution in [2.24, 2.45) is 5.73 Å². The van der Waals surface area contributed by atoms with E-state index in [0.29, 0.717) is 13.2 Å². The van der Waals surface area contributed by atoms with Crippen LogP contribution in [-0.2, 0) is 11.2 Å². The number of aryl methyl sites for hydroxylation is 1. The highest BCUT2D eigenvalue weighted by atomic mass is 35.5. The Labute approximate surface area is 150 Å². The second-order valence-electron chi connectivity index (χ2n) is 4.95. The second kappa shape index (κ2) is 8.59. The van der Waals surface area contributed by atoms with E-state index < -0.39 is 0 Å². The zero-order valence-electron chi connectivity index (χ0n) is 12.5. The molecule has 1 aromatic carbocycles. The Morgan fingerprint density at radius 3 is 2.83 bits per heavy atom. The van der Waals surface area contributed by atoms with Gasteiger partial charge in [-0.25, -0.2) is 0 Å². The molecule has 0 radical (unpaired) electrons. The quantitative estimate of drug-likeness (QED) is 0.845. The van der Waals surface area contributed by atoms with Crippen LogP contribution in [0.3, 0.4) is 0 Å². The van der Waals surface area contributed by atoms with Crippen molar-refractivity contribution in [3.63, 3.8) is 0 Å². The predicted molar refractivity (Wildman–Crippen MR) is 100 cm³/mol. The standard InChI is InChI=1S/C16H18N2O2S2.ClH/c17-7-8-20-12-3-1-11(2-4-12)18-16(19)15-13-5-9-21-14(13)6-10-22-15;/h1-5,9,15H,6-8,10,17H2,(H,18,19);1H. The molecule has 3 N–H and O–H groups in total. The molecule has 1 aromatic heterocycles. The van der Waals surface area contributed by atoms with Gasteiger partial charge in [0, 0.05) is 17.1 Å². The first-order valence-electron chi connectivity index (χ1n) is 7.19. The molecule has 1 aliphatic rings. The predicted octanol–water partition coefficient (Wildman–Crippen LogP) is 3.48. The number of fused-ring (bicyclic) bond motifs is 1. The summed E-state index contributed by atoms with van der Waals surface area (Å²) in [7, 11) is 0. The van der Waals surface area contributed by atoms with Gasteiger partial charge in [0.1, 0.15) is 17.6 Å². The Kier molecular flexibility index (Phi) is 6.77. The van der Waals surface area contributed by atoms with Crippen LogP contribution < -0.4 is 15.8 Å². The molecule has 0 aliphatic carbocycles. The molecule has 3 rings (SSSR count). The number of carbonyl (C=O) groups is 1. The van der Waals surface area contributed by atoms with E-state index in [1.54, 1.807) is 23.1 Å². The third kappa shape index (κ3) is 4.41. The van der Waals surface area contributed by atoms with Crippen molar-refractivity contribution in [2.75, 3.05) is 24.2 Å². The van der Waals surface area contributed by atoms with Crippen LogP contribution in [-0.4, -0.2) is 24.8 Å². The summed E-state index contributed by atoms with van der Waals surface area (Å²) in [5, 5.41) is 4.95. The Balaban J connectivity index is 0.00000192. The lowest BCUT2D eigenvalue weighted by Gasteiger charge is -2.21. The maximum Gasteiger partial charge on any atom is 0.242 e. The van der Waals surface area contributed by atoms with Gasteiger partial charge < -0.3 is 15.8 Å². The van der Waals surface area contributed by atoms with Gasteiger partial charge >= 0.3 is 0 Å². The van der Waals surface area contributed by atoms with Crippen LogP contribution in [0.5, 0.6) is 5.75 Å². The average Bonchev–Trinajstić information content (AvgIpc) is 3.02. The summed E-state index contributed by atoms with van der Waals surface area (Å²) in [5.74, 6) is 1.80. The number of hydrogen-bond acceptors (Lipinski definition) is 5.